The van der Waals surface area contributed by atoms with Crippen molar-refractivity contribution in [2.45, 2.75) is 0 Å². The van der Waals surface area contributed by atoms with E-state index in [9.17, 15) is 0 Å². The van der Waals surface area contributed by atoms with Gasteiger partial charge in [-0.15, -0.1) is 0 Å². The van der Waals surface area contributed by atoms with Crippen molar-refractivity contribution in [2.24, 2.45) is 0 Å². The van der Waals surface area contributed by atoms with Crippen LogP contribution in [0.1, 0.15) is 5.56 Å². The molecule has 1 aromatic rings. The van der Waals surface area contributed by atoms with E-state index < -0.39 is 0 Å². The Morgan fingerprint density at radius 3 is 2.76 bits per heavy atom. The Kier molecular flexibility index (Phi) is 5.98. The number of methoxy groups -OCH3 is 1. The summed E-state index contributed by atoms with van der Waals surface area (Å²) in [7, 11) is 1.64. The number of rotatable bonds is 6. The molecule has 0 saturated carbocycles. The number of ether oxygens (including phenoxy) is 1. The van der Waals surface area contributed by atoms with E-state index in [4.69, 9.17) is 15.1 Å². The lowest BCUT2D eigenvalue weighted by atomic mass is 10.2. The molecule has 0 aliphatic rings. The molecule has 0 bridgehead atoms. The number of aliphatic hydroxyl groups excluding tert-OH is 1. The lowest BCUT2D eigenvalue weighted by Crippen LogP contribution is -2.30. The number of hydrogen-bond acceptors (Lipinski definition) is 4. The van der Waals surface area contributed by atoms with Crippen LogP contribution >= 0.6 is 15.9 Å². The standard InChI is InChI=1S/C12H15BrN2O2/c1-17-7-5-15(4-6-16)12-3-2-10(9-14)8-11(12)13/h2-3,8,16H,4-7H2,1H3. The fraction of sp³-hybridized carbons (Fsp3) is 0.417. The number of benzene rings is 1. The van der Waals surface area contributed by atoms with Crippen LogP contribution in [0.3, 0.4) is 0 Å². The maximum atomic E-state index is 9.04. The molecule has 0 aliphatic carbocycles. The van der Waals surface area contributed by atoms with Gasteiger partial charge in [-0.2, -0.15) is 5.26 Å². The molecule has 1 rings (SSSR count). The SMILES string of the molecule is COCCN(CCO)c1ccc(C#N)cc1Br. The first-order valence-electron chi connectivity index (χ1n) is 5.27. The van der Waals surface area contributed by atoms with Crippen LogP contribution in [0.2, 0.25) is 0 Å². The Bertz CT molecular complexity index is 404. The second-order valence-corrected chi connectivity index (χ2v) is 4.34. The van der Waals surface area contributed by atoms with E-state index >= 15 is 0 Å². The summed E-state index contributed by atoms with van der Waals surface area (Å²) >= 11 is 3.44. The largest absolute Gasteiger partial charge is 0.395 e. The smallest absolute Gasteiger partial charge is 0.0992 e. The van der Waals surface area contributed by atoms with E-state index in [1.165, 1.54) is 0 Å². The fourth-order valence-corrected chi connectivity index (χ4v) is 2.14. The van der Waals surface area contributed by atoms with Crippen LogP contribution in [0.15, 0.2) is 22.7 Å². The average Bonchev–Trinajstić information content (AvgIpc) is 2.34. The molecule has 0 heterocycles. The Labute approximate surface area is 110 Å². The third-order valence-corrected chi connectivity index (χ3v) is 2.99. The number of aliphatic hydroxyl groups is 1. The van der Waals surface area contributed by atoms with Crippen LogP contribution in [0.5, 0.6) is 0 Å². The highest BCUT2D eigenvalue weighted by Crippen LogP contribution is 2.27. The molecule has 0 aromatic heterocycles. The van der Waals surface area contributed by atoms with Crippen LogP contribution in [-0.4, -0.2) is 38.5 Å². The topological polar surface area (TPSA) is 56.5 Å². The van der Waals surface area contributed by atoms with Gasteiger partial charge in [0, 0.05) is 24.7 Å². The molecule has 1 aromatic carbocycles. The van der Waals surface area contributed by atoms with Gasteiger partial charge in [0.05, 0.1) is 30.5 Å². The van der Waals surface area contributed by atoms with Crippen LogP contribution in [0.4, 0.5) is 5.69 Å². The zero-order valence-corrected chi connectivity index (χ0v) is 11.3. The van der Waals surface area contributed by atoms with Gasteiger partial charge in [-0.3, -0.25) is 0 Å². The van der Waals surface area contributed by atoms with Crippen molar-refractivity contribution >= 4 is 21.6 Å². The molecular weight excluding hydrogens is 284 g/mol. The number of nitriles is 1. The quantitative estimate of drug-likeness (QED) is 0.869. The number of anilines is 1. The van der Waals surface area contributed by atoms with Gasteiger partial charge in [0.15, 0.2) is 0 Å². The van der Waals surface area contributed by atoms with E-state index in [0.717, 1.165) is 10.2 Å². The maximum absolute atomic E-state index is 9.04. The Balaban J connectivity index is 2.89. The van der Waals surface area contributed by atoms with Crippen molar-refractivity contribution in [1.29, 1.82) is 5.26 Å². The third kappa shape index (κ3) is 4.00. The Hall–Kier alpha value is -1.09. The highest BCUT2D eigenvalue weighted by Gasteiger charge is 2.10. The number of halogens is 1. The molecule has 17 heavy (non-hydrogen) atoms. The van der Waals surface area contributed by atoms with Gasteiger partial charge < -0.3 is 14.7 Å². The zero-order chi connectivity index (χ0) is 12.7. The first-order chi connectivity index (χ1) is 8.22. The molecule has 0 saturated heterocycles. The first kappa shape index (κ1) is 14.0. The summed E-state index contributed by atoms with van der Waals surface area (Å²) in [5.41, 5.74) is 1.56. The van der Waals surface area contributed by atoms with Crippen LogP contribution in [0.25, 0.3) is 0 Å². The molecular formula is C12H15BrN2O2. The van der Waals surface area contributed by atoms with E-state index in [1.807, 2.05) is 11.0 Å². The van der Waals surface area contributed by atoms with Crippen LogP contribution in [-0.2, 0) is 4.74 Å². The van der Waals surface area contributed by atoms with Gasteiger partial charge in [-0.1, -0.05) is 0 Å². The lowest BCUT2D eigenvalue weighted by molar-refractivity contribution is 0.203. The molecule has 0 fully saturated rings. The minimum atomic E-state index is 0.0795. The minimum Gasteiger partial charge on any atom is -0.395 e. The van der Waals surface area contributed by atoms with Crippen molar-refractivity contribution in [2.75, 3.05) is 38.3 Å². The van der Waals surface area contributed by atoms with Gasteiger partial charge in [-0.05, 0) is 34.1 Å². The summed E-state index contributed by atoms with van der Waals surface area (Å²) in [6, 6.07) is 7.49. The molecule has 1 N–H and O–H groups in total. The molecule has 0 aliphatic heterocycles. The van der Waals surface area contributed by atoms with Crippen LogP contribution in [0, 0.1) is 11.3 Å². The predicted molar refractivity (Wildman–Crippen MR) is 70.0 cm³/mol. The summed E-state index contributed by atoms with van der Waals surface area (Å²) < 4.78 is 5.88. The summed E-state index contributed by atoms with van der Waals surface area (Å²) in [5.74, 6) is 0. The van der Waals surface area contributed by atoms with Crippen molar-refractivity contribution in [1.82, 2.24) is 0 Å². The highest BCUT2D eigenvalue weighted by atomic mass is 79.9. The van der Waals surface area contributed by atoms with Crippen molar-refractivity contribution in [3.05, 3.63) is 28.2 Å². The monoisotopic (exact) mass is 298 g/mol. The summed E-state index contributed by atoms with van der Waals surface area (Å²) in [4.78, 5) is 2.01. The van der Waals surface area contributed by atoms with Gasteiger partial charge in [0.25, 0.3) is 0 Å². The number of nitrogens with zero attached hydrogens (tertiary/aromatic N) is 2. The predicted octanol–water partition coefficient (Wildman–Crippen LogP) is 1.77. The fourth-order valence-electron chi connectivity index (χ4n) is 1.51. The molecule has 5 heteroatoms. The normalized spacial score (nSPS) is 10.0. The molecule has 0 spiro atoms. The Morgan fingerprint density at radius 2 is 2.24 bits per heavy atom. The van der Waals surface area contributed by atoms with E-state index in [0.29, 0.717) is 25.3 Å². The van der Waals surface area contributed by atoms with Gasteiger partial charge in [0.2, 0.25) is 0 Å². The lowest BCUT2D eigenvalue weighted by Gasteiger charge is -2.24. The minimum absolute atomic E-state index is 0.0795. The van der Waals surface area contributed by atoms with E-state index in [2.05, 4.69) is 22.0 Å². The Morgan fingerprint density at radius 1 is 1.47 bits per heavy atom. The molecule has 0 radical (unpaired) electrons. The molecule has 4 nitrogen and oxygen atoms in total. The summed E-state index contributed by atoms with van der Waals surface area (Å²) in [6.07, 6.45) is 0. The maximum Gasteiger partial charge on any atom is 0.0992 e. The van der Waals surface area contributed by atoms with Gasteiger partial charge in [-0.25, -0.2) is 0 Å². The van der Waals surface area contributed by atoms with Crippen molar-refractivity contribution in [3.8, 4) is 6.07 Å². The molecule has 0 unspecified atom stereocenters. The van der Waals surface area contributed by atoms with E-state index in [-0.39, 0.29) is 6.61 Å². The van der Waals surface area contributed by atoms with Crippen LogP contribution < -0.4 is 4.90 Å². The second-order valence-electron chi connectivity index (χ2n) is 3.48. The summed E-state index contributed by atoms with van der Waals surface area (Å²) in [6.45, 7) is 1.90. The average molecular weight is 299 g/mol. The van der Waals surface area contributed by atoms with Gasteiger partial charge >= 0.3 is 0 Å². The van der Waals surface area contributed by atoms with Crippen molar-refractivity contribution < 1.29 is 9.84 Å². The number of hydrogen-bond donors (Lipinski definition) is 1. The highest BCUT2D eigenvalue weighted by molar-refractivity contribution is 9.10. The molecule has 0 amide bonds. The third-order valence-electron chi connectivity index (χ3n) is 2.35. The second kappa shape index (κ2) is 7.28. The zero-order valence-electron chi connectivity index (χ0n) is 9.69. The van der Waals surface area contributed by atoms with E-state index in [1.54, 1.807) is 19.2 Å². The molecule has 92 valence electrons. The van der Waals surface area contributed by atoms with Crippen molar-refractivity contribution in [3.63, 3.8) is 0 Å². The summed E-state index contributed by atoms with van der Waals surface area (Å²) in [5, 5.41) is 17.8. The van der Waals surface area contributed by atoms with Gasteiger partial charge in [0.1, 0.15) is 0 Å². The first-order valence-corrected chi connectivity index (χ1v) is 6.06. The molecule has 0 atom stereocenters.